The molecule has 1 aromatic carbocycles. The van der Waals surface area contributed by atoms with Gasteiger partial charge in [-0.15, -0.1) is 0 Å². The molecule has 0 spiro atoms. The van der Waals surface area contributed by atoms with E-state index in [1.54, 1.807) is 18.3 Å². The summed E-state index contributed by atoms with van der Waals surface area (Å²) in [7, 11) is -0.403. The van der Waals surface area contributed by atoms with Crippen molar-refractivity contribution in [2.24, 2.45) is 0 Å². The zero-order valence-corrected chi connectivity index (χ0v) is 13.8. The molecule has 0 radical (unpaired) electrons. The average Bonchev–Trinajstić information content (AvgIpc) is 2.76. The highest BCUT2D eigenvalue weighted by atomic mass is 16.7. The quantitative estimate of drug-likeness (QED) is 0.801. The van der Waals surface area contributed by atoms with Crippen LogP contribution in [0.3, 0.4) is 0 Å². The molecule has 23 heavy (non-hydrogen) atoms. The van der Waals surface area contributed by atoms with Crippen molar-refractivity contribution in [2.75, 3.05) is 0 Å². The maximum Gasteiger partial charge on any atom is 0.494 e. The van der Waals surface area contributed by atoms with Gasteiger partial charge in [0.05, 0.1) is 28.5 Å². The molecule has 0 saturated carbocycles. The van der Waals surface area contributed by atoms with Crippen molar-refractivity contribution in [1.82, 2.24) is 4.98 Å². The van der Waals surface area contributed by atoms with Gasteiger partial charge in [-0.3, -0.25) is 4.98 Å². The second kappa shape index (κ2) is 5.49. The lowest BCUT2D eigenvalue weighted by Gasteiger charge is -2.32. The minimum atomic E-state index is -0.403. The van der Waals surface area contributed by atoms with Gasteiger partial charge in [0, 0.05) is 11.8 Å². The molecule has 1 saturated heterocycles. The van der Waals surface area contributed by atoms with E-state index in [4.69, 9.17) is 14.6 Å². The molecule has 2 heterocycles. The largest absolute Gasteiger partial charge is 0.494 e. The molecule has 5 heteroatoms. The van der Waals surface area contributed by atoms with E-state index in [-0.39, 0.29) is 11.2 Å². The standard InChI is InChI=1S/C18H19BN2O2/c1-17(2)18(3,4)23-19(22-17)15-9-10-21-16(11-15)14-7-5-13(12-20)6-8-14/h5-11H,1-4H3. The molecule has 116 valence electrons. The summed E-state index contributed by atoms with van der Waals surface area (Å²) in [6, 6.07) is 13.4. The van der Waals surface area contributed by atoms with Crippen LogP contribution in [-0.2, 0) is 9.31 Å². The summed E-state index contributed by atoms with van der Waals surface area (Å²) in [6.45, 7) is 8.15. The SMILES string of the molecule is CC1(C)OB(c2ccnc(-c3ccc(C#N)cc3)c2)OC1(C)C. The monoisotopic (exact) mass is 306 g/mol. The van der Waals surface area contributed by atoms with Crippen molar-refractivity contribution >= 4 is 12.6 Å². The second-order valence-electron chi connectivity index (χ2n) is 6.75. The highest BCUT2D eigenvalue weighted by molar-refractivity contribution is 6.62. The Bertz CT molecular complexity index is 747. The van der Waals surface area contributed by atoms with Gasteiger partial charge in [-0.1, -0.05) is 12.1 Å². The highest BCUT2D eigenvalue weighted by Crippen LogP contribution is 2.36. The molecule has 2 aromatic rings. The first-order valence-electron chi connectivity index (χ1n) is 7.64. The molecule has 0 atom stereocenters. The summed E-state index contributed by atoms with van der Waals surface area (Å²) in [5.41, 5.74) is 2.64. The van der Waals surface area contributed by atoms with Gasteiger partial charge < -0.3 is 9.31 Å². The number of nitriles is 1. The van der Waals surface area contributed by atoms with Gasteiger partial charge in [-0.25, -0.2) is 0 Å². The number of pyridine rings is 1. The molecule has 0 N–H and O–H groups in total. The number of rotatable bonds is 2. The van der Waals surface area contributed by atoms with Gasteiger partial charge in [0.1, 0.15) is 0 Å². The topological polar surface area (TPSA) is 55.1 Å². The van der Waals surface area contributed by atoms with Crippen molar-refractivity contribution in [2.45, 2.75) is 38.9 Å². The second-order valence-corrected chi connectivity index (χ2v) is 6.75. The number of hydrogen-bond acceptors (Lipinski definition) is 4. The van der Waals surface area contributed by atoms with Crippen molar-refractivity contribution in [3.8, 4) is 17.3 Å². The van der Waals surface area contributed by atoms with E-state index in [9.17, 15) is 0 Å². The van der Waals surface area contributed by atoms with Gasteiger partial charge in [-0.05, 0) is 57.4 Å². The molecule has 0 bridgehead atoms. The molecule has 4 nitrogen and oxygen atoms in total. The van der Waals surface area contributed by atoms with Crippen molar-refractivity contribution in [3.63, 3.8) is 0 Å². The molecule has 0 unspecified atom stereocenters. The zero-order valence-electron chi connectivity index (χ0n) is 13.8. The molecule has 1 aromatic heterocycles. The average molecular weight is 306 g/mol. The minimum Gasteiger partial charge on any atom is -0.399 e. The van der Waals surface area contributed by atoms with Crippen molar-refractivity contribution in [3.05, 3.63) is 48.2 Å². The van der Waals surface area contributed by atoms with Gasteiger partial charge in [0.25, 0.3) is 0 Å². The Morgan fingerprint density at radius 2 is 1.61 bits per heavy atom. The first-order valence-corrected chi connectivity index (χ1v) is 7.64. The maximum absolute atomic E-state index is 8.89. The van der Waals surface area contributed by atoms with Crippen LogP contribution in [0.4, 0.5) is 0 Å². The van der Waals surface area contributed by atoms with Crippen LogP contribution in [0.5, 0.6) is 0 Å². The smallest absolute Gasteiger partial charge is 0.399 e. The van der Waals surface area contributed by atoms with Crippen LogP contribution in [0.1, 0.15) is 33.3 Å². The Morgan fingerprint density at radius 1 is 1.00 bits per heavy atom. The number of hydrogen-bond donors (Lipinski definition) is 0. The van der Waals surface area contributed by atoms with E-state index in [0.717, 1.165) is 16.7 Å². The lowest BCUT2D eigenvalue weighted by atomic mass is 9.79. The van der Waals surface area contributed by atoms with Crippen molar-refractivity contribution < 1.29 is 9.31 Å². The van der Waals surface area contributed by atoms with Crippen molar-refractivity contribution in [1.29, 1.82) is 5.26 Å². The maximum atomic E-state index is 8.89. The first-order chi connectivity index (χ1) is 10.8. The van der Waals surface area contributed by atoms with Crippen LogP contribution < -0.4 is 5.46 Å². The Kier molecular flexibility index (Phi) is 3.75. The van der Waals surface area contributed by atoms with Crippen LogP contribution in [-0.4, -0.2) is 23.3 Å². The molecular weight excluding hydrogens is 287 g/mol. The molecule has 3 rings (SSSR count). The number of nitrogens with zero attached hydrogens (tertiary/aromatic N) is 2. The van der Waals surface area contributed by atoms with E-state index in [2.05, 4.69) is 11.1 Å². The fourth-order valence-electron chi connectivity index (χ4n) is 2.45. The van der Waals surface area contributed by atoms with Gasteiger partial charge in [0.15, 0.2) is 0 Å². The van der Waals surface area contributed by atoms with Crippen LogP contribution >= 0.6 is 0 Å². The van der Waals surface area contributed by atoms with Gasteiger partial charge in [0.2, 0.25) is 0 Å². The molecular formula is C18H19BN2O2. The fraction of sp³-hybridized carbons (Fsp3) is 0.333. The normalized spacial score (nSPS) is 18.7. The number of aromatic nitrogens is 1. The summed E-state index contributed by atoms with van der Waals surface area (Å²) >= 11 is 0. The van der Waals surface area contributed by atoms with Crippen LogP contribution in [0, 0.1) is 11.3 Å². The summed E-state index contributed by atoms with van der Waals surface area (Å²) in [6.07, 6.45) is 1.76. The Labute approximate surface area is 137 Å². The summed E-state index contributed by atoms with van der Waals surface area (Å²) < 4.78 is 12.2. The molecule has 1 aliphatic heterocycles. The molecule has 1 aliphatic rings. The summed E-state index contributed by atoms with van der Waals surface area (Å²) in [5, 5.41) is 8.89. The first kappa shape index (κ1) is 15.7. The lowest BCUT2D eigenvalue weighted by molar-refractivity contribution is 0.00578. The third kappa shape index (κ3) is 2.88. The fourth-order valence-corrected chi connectivity index (χ4v) is 2.45. The third-order valence-electron chi connectivity index (χ3n) is 4.62. The minimum absolute atomic E-state index is 0.366. The zero-order chi connectivity index (χ0) is 16.7. The van der Waals surface area contributed by atoms with Crippen LogP contribution in [0.25, 0.3) is 11.3 Å². The van der Waals surface area contributed by atoms with E-state index in [1.165, 1.54) is 0 Å². The predicted molar refractivity (Wildman–Crippen MR) is 90.1 cm³/mol. The number of benzene rings is 1. The Morgan fingerprint density at radius 3 is 2.17 bits per heavy atom. The van der Waals surface area contributed by atoms with Crippen LogP contribution in [0.15, 0.2) is 42.6 Å². The summed E-state index contributed by atoms with van der Waals surface area (Å²) in [5.74, 6) is 0. The lowest BCUT2D eigenvalue weighted by Crippen LogP contribution is -2.41. The highest BCUT2D eigenvalue weighted by Gasteiger charge is 2.51. The van der Waals surface area contributed by atoms with Crippen LogP contribution in [0.2, 0.25) is 0 Å². The Hall–Kier alpha value is -2.16. The van der Waals surface area contributed by atoms with Gasteiger partial charge >= 0.3 is 7.12 Å². The predicted octanol–water partition coefficient (Wildman–Crippen LogP) is 2.92. The molecule has 1 fully saturated rings. The third-order valence-corrected chi connectivity index (χ3v) is 4.62. The molecule has 0 amide bonds. The van der Waals surface area contributed by atoms with E-state index in [0.29, 0.717) is 5.56 Å². The van der Waals surface area contributed by atoms with E-state index < -0.39 is 7.12 Å². The van der Waals surface area contributed by atoms with Gasteiger partial charge in [-0.2, -0.15) is 5.26 Å². The van der Waals surface area contributed by atoms with E-state index in [1.807, 2.05) is 52.0 Å². The van der Waals surface area contributed by atoms with E-state index >= 15 is 0 Å². The summed E-state index contributed by atoms with van der Waals surface area (Å²) in [4.78, 5) is 4.42. The molecule has 0 aliphatic carbocycles. The Balaban J connectivity index is 1.90.